The van der Waals surface area contributed by atoms with E-state index in [2.05, 4.69) is 44.8 Å². The van der Waals surface area contributed by atoms with E-state index in [4.69, 9.17) is 14.6 Å². The van der Waals surface area contributed by atoms with Crippen molar-refractivity contribution in [1.29, 1.82) is 0 Å². The summed E-state index contributed by atoms with van der Waals surface area (Å²) >= 11 is 18.6. The van der Waals surface area contributed by atoms with Crippen LogP contribution in [0.1, 0.15) is 15.9 Å². The molecule has 0 saturated carbocycles. The van der Waals surface area contributed by atoms with E-state index in [0.29, 0.717) is 11.3 Å². The van der Waals surface area contributed by atoms with Crippen LogP contribution in [0.3, 0.4) is 0 Å². The minimum absolute atomic E-state index is 0.00794. The number of fused-ring (bicyclic) bond motifs is 2. The molecule has 0 unspecified atom stereocenters. The molecule has 256 valence electrons. The summed E-state index contributed by atoms with van der Waals surface area (Å²) in [6.45, 7) is 0.00794. The molecule has 0 fully saturated rings. The Labute approximate surface area is 336 Å². The fraction of sp³-hybridized carbons (Fsp3) is 0.125. The third-order valence-electron chi connectivity index (χ3n) is 4.91. The van der Waals surface area contributed by atoms with Crippen LogP contribution in [0.4, 0.5) is 0 Å². The first-order chi connectivity index (χ1) is 23.0. The van der Waals surface area contributed by atoms with Gasteiger partial charge in [-0.2, -0.15) is 0 Å². The van der Waals surface area contributed by atoms with Crippen molar-refractivity contribution in [3.8, 4) is 11.5 Å². The molecule has 4 nitrogen and oxygen atoms in total. The molecule has 4 aromatic carbocycles. The molecule has 23 heteroatoms. The zero-order chi connectivity index (χ0) is 34.5. The van der Waals surface area contributed by atoms with E-state index >= 15 is 0 Å². The number of aliphatic hydroxyl groups is 1. The highest BCUT2D eigenvalue weighted by Crippen LogP contribution is 2.26. The first-order valence-corrected chi connectivity index (χ1v) is 34.4. The number of methoxy groups -OCH3 is 2. The van der Waals surface area contributed by atoms with Gasteiger partial charge in [-0.15, -0.1) is 0 Å². The highest BCUT2D eigenvalue weighted by Gasteiger charge is 2.04. The van der Waals surface area contributed by atoms with E-state index in [1.807, 2.05) is 72.8 Å². The molecule has 0 heterocycles. The second kappa shape index (κ2) is 31.5. The Morgan fingerprint density at radius 1 is 0.553 bits per heavy atom. The van der Waals surface area contributed by atoms with Crippen molar-refractivity contribution in [2.24, 2.45) is 0 Å². The van der Waals surface area contributed by atoms with Crippen molar-refractivity contribution in [2.45, 2.75) is 6.61 Å². The second-order valence-corrected chi connectivity index (χ2v) is 33.8. The summed E-state index contributed by atoms with van der Waals surface area (Å²) in [5.41, 5.74) is 1.41. The molecular weight excluding hydrogens is 962 g/mol. The Hall–Kier alpha value is 0.810. The Balaban J connectivity index is 0.000000320. The molecule has 0 spiro atoms. The Kier molecular flexibility index (Phi) is 30.8. The van der Waals surface area contributed by atoms with E-state index < -0.39 is 0 Å². The number of hydrogen-bond donors (Lipinski definition) is 1. The van der Waals surface area contributed by atoms with Gasteiger partial charge in [0.15, 0.2) is 6.29 Å². The summed E-state index contributed by atoms with van der Waals surface area (Å²) in [4.78, 5) is 10.7. The average molecular weight is 984 g/mol. The molecule has 0 aliphatic heterocycles. The summed E-state index contributed by atoms with van der Waals surface area (Å²) < 4.78 is 10.3. The van der Waals surface area contributed by atoms with Gasteiger partial charge in [-0.25, -0.2) is 0 Å². The SMILES string of the molecule is COc1cc2ccccc2cc1C=O.COc1cc2ccccc2cc1CO.S=S=S=S=S=S=S=S=S.S=S=S=S=S=S=S=S=S=S. The third kappa shape index (κ3) is 20.4. The smallest absolute Gasteiger partial charge is 0.153 e. The van der Waals surface area contributed by atoms with Crippen LogP contribution in [0.25, 0.3) is 21.5 Å². The Bertz CT molecular complexity index is 2210. The summed E-state index contributed by atoms with van der Waals surface area (Å²) in [7, 11) is 26.8. The highest BCUT2D eigenvalue weighted by atomic mass is 33.4. The molecule has 0 bridgehead atoms. The maximum atomic E-state index is 10.7. The molecule has 0 saturated heterocycles. The predicted octanol–water partition coefficient (Wildman–Crippen LogP) is 4.96. The maximum Gasteiger partial charge on any atom is 0.153 e. The van der Waals surface area contributed by atoms with Crippen LogP contribution in [0.2, 0.25) is 0 Å². The molecular formula is C24H22O4S19. The van der Waals surface area contributed by atoms with Gasteiger partial charge in [0, 0.05) is 184 Å². The molecule has 4 aromatic rings. The third-order valence-corrected chi connectivity index (χ3v) is 33.8. The number of benzene rings is 4. The van der Waals surface area contributed by atoms with Gasteiger partial charge in [0.1, 0.15) is 11.5 Å². The zero-order valence-corrected chi connectivity index (χ0v) is 39.2. The topological polar surface area (TPSA) is 55.8 Å². The minimum Gasteiger partial charge on any atom is -0.496 e. The van der Waals surface area contributed by atoms with Crippen molar-refractivity contribution in [1.82, 2.24) is 0 Å². The van der Waals surface area contributed by atoms with Gasteiger partial charge >= 0.3 is 0 Å². The second-order valence-electron chi connectivity index (χ2n) is 7.25. The summed E-state index contributed by atoms with van der Waals surface area (Å²) in [5, 5.41) is 13.5. The first-order valence-electron chi connectivity index (χ1n) is 11.7. The number of aliphatic hydroxyl groups excluding tert-OH is 1. The fourth-order valence-electron chi connectivity index (χ4n) is 3.21. The van der Waals surface area contributed by atoms with E-state index in [9.17, 15) is 4.79 Å². The number of rotatable bonds is 4. The molecule has 0 atom stereocenters. The average Bonchev–Trinajstić information content (AvgIpc) is 3.12. The van der Waals surface area contributed by atoms with E-state index in [0.717, 1.165) is 39.1 Å². The lowest BCUT2D eigenvalue weighted by Crippen LogP contribution is -1.91. The van der Waals surface area contributed by atoms with Crippen molar-refractivity contribution in [2.75, 3.05) is 14.2 Å². The predicted molar refractivity (Wildman–Crippen MR) is 252 cm³/mol. The van der Waals surface area contributed by atoms with E-state index in [1.54, 1.807) is 112 Å². The van der Waals surface area contributed by atoms with Gasteiger partial charge in [-0.1, -0.05) is 48.5 Å². The lowest BCUT2D eigenvalue weighted by molar-refractivity contribution is 0.112. The van der Waals surface area contributed by atoms with Crippen LogP contribution in [0.5, 0.6) is 11.5 Å². The van der Waals surface area contributed by atoms with Crippen LogP contribution >= 0.6 is 0 Å². The van der Waals surface area contributed by atoms with Gasteiger partial charge in [0.25, 0.3) is 0 Å². The molecule has 0 radical (unpaired) electrons. The van der Waals surface area contributed by atoms with Crippen LogP contribution in [0, 0.1) is 0 Å². The number of carbonyl (C=O) groups excluding carboxylic acids is 1. The molecule has 0 aliphatic rings. The van der Waals surface area contributed by atoms with E-state index in [1.165, 1.54) is 35.5 Å². The maximum absolute atomic E-state index is 10.7. The number of hydrogen-bond acceptors (Lipinski definition) is 8. The molecule has 0 amide bonds. The van der Waals surface area contributed by atoms with Crippen molar-refractivity contribution in [3.05, 3.63) is 83.9 Å². The van der Waals surface area contributed by atoms with Gasteiger partial charge < -0.3 is 14.6 Å². The molecule has 47 heavy (non-hydrogen) atoms. The standard InChI is InChI=1S/C12H12O2.C12H10O2.S10.S9/c2*1-14-12-7-10-5-3-2-4-9(10)6-11(12)8-13;1-3-5-7-9-10-8-6-4-2;1-3-5-7-9-8-6-4-2/h2-7,13H,8H2,1H3;2-8H,1H3;;. The molecule has 0 aromatic heterocycles. The highest BCUT2D eigenvalue weighted by molar-refractivity contribution is 8.73. The molecule has 0 aliphatic carbocycles. The Morgan fingerprint density at radius 2 is 0.894 bits per heavy atom. The van der Waals surface area contributed by atoms with Crippen molar-refractivity contribution >= 4 is 206 Å². The van der Waals surface area contributed by atoms with Gasteiger partial charge in [0.05, 0.1) is 26.4 Å². The lowest BCUT2D eigenvalue weighted by Gasteiger charge is -2.07. The Morgan fingerprint density at radius 3 is 1.23 bits per heavy atom. The van der Waals surface area contributed by atoms with Crippen LogP contribution in [-0.4, -0.2) is 25.6 Å². The lowest BCUT2D eigenvalue weighted by atomic mass is 10.1. The molecule has 4 rings (SSSR count). The summed E-state index contributed by atoms with van der Waals surface area (Å²) in [6, 6.07) is 23.5. The molecule has 1 N–H and O–H groups in total. The number of ether oxygens (including phenoxy) is 2. The van der Waals surface area contributed by atoms with Gasteiger partial charge in [0.2, 0.25) is 0 Å². The number of carbonyl (C=O) groups is 1. The van der Waals surface area contributed by atoms with E-state index in [-0.39, 0.29) is 6.61 Å². The first kappa shape index (κ1) is 45.8. The van der Waals surface area contributed by atoms with Crippen LogP contribution < -0.4 is 9.47 Å². The van der Waals surface area contributed by atoms with Gasteiger partial charge in [-0.05, 0) is 45.8 Å². The fourth-order valence-corrected chi connectivity index (χ4v) is 33.4. The quantitative estimate of drug-likeness (QED) is 0.289. The normalized spacial score (nSPS) is 8.83. The summed E-state index contributed by atoms with van der Waals surface area (Å²) in [5.74, 6) is 1.37. The largest absolute Gasteiger partial charge is 0.496 e. The monoisotopic (exact) mass is 982 g/mol. The van der Waals surface area contributed by atoms with Crippen molar-refractivity contribution in [3.63, 3.8) is 0 Å². The summed E-state index contributed by atoms with van der Waals surface area (Å²) in [6.07, 6.45) is 0.811. The number of aldehydes is 1. The van der Waals surface area contributed by atoms with Crippen molar-refractivity contribution < 1.29 is 19.4 Å². The minimum atomic E-state index is 0.00794. The van der Waals surface area contributed by atoms with Crippen LogP contribution in [-0.2, 0) is 185 Å². The van der Waals surface area contributed by atoms with Gasteiger partial charge in [-0.3, -0.25) is 4.79 Å². The van der Waals surface area contributed by atoms with Crippen LogP contribution in [0.15, 0.2) is 72.8 Å². The zero-order valence-electron chi connectivity index (χ0n) is 23.6.